The number of carbonyl (C=O) groups is 1. The number of aryl methyl sites for hydroxylation is 1. The van der Waals surface area contributed by atoms with Gasteiger partial charge in [-0.05, 0) is 31.0 Å². The van der Waals surface area contributed by atoms with Gasteiger partial charge in [-0.15, -0.1) is 0 Å². The summed E-state index contributed by atoms with van der Waals surface area (Å²) in [4.78, 5) is 45.1. The molecule has 3 aromatic heterocycles. The van der Waals surface area contributed by atoms with Gasteiger partial charge in [0.15, 0.2) is 0 Å². The summed E-state index contributed by atoms with van der Waals surface area (Å²) >= 11 is 0. The largest absolute Gasteiger partial charge is 0.465 e. The maximum absolute atomic E-state index is 12.7. The molecule has 9 heteroatoms. The van der Waals surface area contributed by atoms with Crippen LogP contribution in [0, 0.1) is 0 Å². The summed E-state index contributed by atoms with van der Waals surface area (Å²) in [5.74, 6) is -0.303. The maximum atomic E-state index is 12.7. The number of fused-ring (bicyclic) bond motifs is 1. The predicted molar refractivity (Wildman–Crippen MR) is 98.7 cm³/mol. The van der Waals surface area contributed by atoms with E-state index in [0.29, 0.717) is 16.5 Å². The number of rotatable bonds is 5. The van der Waals surface area contributed by atoms with E-state index >= 15 is 0 Å². The predicted octanol–water partition coefficient (Wildman–Crippen LogP) is -0.0877. The molecule has 0 aliphatic carbocycles. The van der Waals surface area contributed by atoms with E-state index < -0.39 is 23.3 Å². The Balaban J connectivity index is 1.98. The molecule has 0 fully saturated rings. The van der Waals surface area contributed by atoms with Gasteiger partial charge in [0.1, 0.15) is 11.9 Å². The van der Waals surface area contributed by atoms with Crippen LogP contribution in [0.1, 0.15) is 12.5 Å². The van der Waals surface area contributed by atoms with Gasteiger partial charge < -0.3 is 10.5 Å². The standard InChI is InChI=1S/C18H19N5O4/c1-3-27-17(25)13(19)8-11-4-5-15(21-9-11)23-16(24)12-6-7-20-10-14(12)22(2)18(23)26/h4-7,9-10,13H,3,8,19H2,1-2H3/t13-/m0/s1. The second-order valence-electron chi connectivity index (χ2n) is 5.96. The normalized spacial score (nSPS) is 12.1. The molecule has 0 radical (unpaired) electrons. The Morgan fingerprint density at radius 3 is 2.70 bits per heavy atom. The zero-order valence-electron chi connectivity index (χ0n) is 15.0. The number of ether oxygens (including phenoxy) is 1. The van der Waals surface area contributed by atoms with E-state index in [9.17, 15) is 14.4 Å². The van der Waals surface area contributed by atoms with E-state index in [0.717, 1.165) is 4.57 Å². The number of aromatic nitrogens is 4. The average Bonchev–Trinajstić information content (AvgIpc) is 2.68. The zero-order chi connectivity index (χ0) is 19.6. The number of hydrogen-bond donors (Lipinski definition) is 1. The fourth-order valence-corrected chi connectivity index (χ4v) is 2.75. The minimum atomic E-state index is -0.804. The lowest BCUT2D eigenvalue weighted by Crippen LogP contribution is -2.38. The lowest BCUT2D eigenvalue weighted by molar-refractivity contribution is -0.144. The van der Waals surface area contributed by atoms with Gasteiger partial charge in [0.2, 0.25) is 0 Å². The van der Waals surface area contributed by atoms with Crippen LogP contribution in [-0.2, 0) is 23.0 Å². The third-order valence-corrected chi connectivity index (χ3v) is 4.16. The summed E-state index contributed by atoms with van der Waals surface area (Å²) in [5.41, 5.74) is 5.93. The highest BCUT2D eigenvalue weighted by atomic mass is 16.5. The van der Waals surface area contributed by atoms with Crippen LogP contribution in [0.4, 0.5) is 0 Å². The van der Waals surface area contributed by atoms with Crippen molar-refractivity contribution in [3.63, 3.8) is 0 Å². The van der Waals surface area contributed by atoms with Crippen molar-refractivity contribution >= 4 is 16.9 Å². The van der Waals surface area contributed by atoms with Crippen LogP contribution in [0.3, 0.4) is 0 Å². The zero-order valence-corrected chi connectivity index (χ0v) is 15.0. The smallest absolute Gasteiger partial charge is 0.337 e. The van der Waals surface area contributed by atoms with Gasteiger partial charge in [0.25, 0.3) is 5.56 Å². The Kier molecular flexibility index (Phi) is 5.13. The molecule has 0 aliphatic rings. The van der Waals surface area contributed by atoms with Gasteiger partial charge in [-0.3, -0.25) is 19.1 Å². The number of esters is 1. The minimum absolute atomic E-state index is 0.188. The molecule has 9 nitrogen and oxygen atoms in total. The Morgan fingerprint density at radius 1 is 1.26 bits per heavy atom. The van der Waals surface area contributed by atoms with Gasteiger partial charge in [0, 0.05) is 19.4 Å². The third kappa shape index (κ3) is 3.49. The molecular weight excluding hydrogens is 350 g/mol. The molecule has 3 rings (SSSR count). The molecule has 0 aromatic carbocycles. The van der Waals surface area contributed by atoms with Gasteiger partial charge in [-0.1, -0.05) is 6.07 Å². The molecule has 27 heavy (non-hydrogen) atoms. The molecule has 0 amide bonds. The Bertz CT molecular complexity index is 1100. The molecule has 140 valence electrons. The van der Waals surface area contributed by atoms with Crippen molar-refractivity contribution < 1.29 is 9.53 Å². The van der Waals surface area contributed by atoms with Crippen LogP contribution in [0.25, 0.3) is 16.7 Å². The molecule has 0 spiro atoms. The molecule has 0 aliphatic heterocycles. The summed E-state index contributed by atoms with van der Waals surface area (Å²) in [6.07, 6.45) is 4.68. The van der Waals surface area contributed by atoms with Crippen molar-refractivity contribution in [2.24, 2.45) is 12.8 Å². The van der Waals surface area contributed by atoms with Crippen molar-refractivity contribution in [1.82, 2.24) is 19.1 Å². The summed E-state index contributed by atoms with van der Waals surface area (Å²) in [6.45, 7) is 1.96. The van der Waals surface area contributed by atoms with Crippen LogP contribution >= 0.6 is 0 Å². The highest BCUT2D eigenvalue weighted by Gasteiger charge is 2.16. The first-order chi connectivity index (χ1) is 12.9. The first-order valence-electron chi connectivity index (χ1n) is 8.37. The highest BCUT2D eigenvalue weighted by molar-refractivity contribution is 5.77. The van der Waals surface area contributed by atoms with Crippen LogP contribution in [-0.4, -0.2) is 37.7 Å². The van der Waals surface area contributed by atoms with Gasteiger partial charge >= 0.3 is 11.7 Å². The first kappa shape index (κ1) is 18.5. The van der Waals surface area contributed by atoms with Crippen LogP contribution in [0.15, 0.2) is 46.4 Å². The van der Waals surface area contributed by atoms with E-state index in [2.05, 4.69) is 9.97 Å². The molecule has 2 N–H and O–H groups in total. The van der Waals surface area contributed by atoms with E-state index in [-0.39, 0.29) is 18.8 Å². The molecule has 0 bridgehead atoms. The maximum Gasteiger partial charge on any atom is 0.337 e. The topological polar surface area (TPSA) is 122 Å². The highest BCUT2D eigenvalue weighted by Crippen LogP contribution is 2.08. The lowest BCUT2D eigenvalue weighted by atomic mass is 10.1. The summed E-state index contributed by atoms with van der Waals surface area (Å²) in [5, 5.41) is 0.363. The Labute approximate surface area is 154 Å². The molecule has 3 aromatic rings. The minimum Gasteiger partial charge on any atom is -0.465 e. The van der Waals surface area contributed by atoms with Gasteiger partial charge in [0.05, 0.1) is 23.7 Å². The quantitative estimate of drug-likeness (QED) is 0.624. The SMILES string of the molecule is CCOC(=O)[C@@H](N)Cc1ccc(-n2c(=O)c3ccncc3n(C)c2=O)nc1. The second-order valence-corrected chi connectivity index (χ2v) is 5.96. The van der Waals surface area contributed by atoms with Gasteiger partial charge in [-0.2, -0.15) is 0 Å². The van der Waals surface area contributed by atoms with Crippen molar-refractivity contribution in [2.45, 2.75) is 19.4 Å². The van der Waals surface area contributed by atoms with E-state index in [1.54, 1.807) is 32.2 Å². The van der Waals surface area contributed by atoms with E-state index in [1.807, 2.05) is 0 Å². The monoisotopic (exact) mass is 369 g/mol. The first-order valence-corrected chi connectivity index (χ1v) is 8.37. The average molecular weight is 369 g/mol. The second kappa shape index (κ2) is 7.50. The molecule has 0 unspecified atom stereocenters. The van der Waals surface area contributed by atoms with Crippen LogP contribution in [0.2, 0.25) is 0 Å². The number of pyridine rings is 2. The molecule has 3 heterocycles. The fourth-order valence-electron chi connectivity index (χ4n) is 2.75. The third-order valence-electron chi connectivity index (χ3n) is 4.16. The molecule has 0 saturated heterocycles. The van der Waals surface area contributed by atoms with Crippen molar-refractivity contribution in [3.05, 3.63) is 63.2 Å². The van der Waals surface area contributed by atoms with Crippen LogP contribution in [0.5, 0.6) is 0 Å². The number of nitrogens with two attached hydrogens (primary N) is 1. The summed E-state index contributed by atoms with van der Waals surface area (Å²) < 4.78 is 7.22. The molecule has 1 atom stereocenters. The van der Waals surface area contributed by atoms with Gasteiger partial charge in [-0.25, -0.2) is 14.3 Å². The van der Waals surface area contributed by atoms with E-state index in [1.165, 1.54) is 23.2 Å². The summed E-state index contributed by atoms with van der Waals surface area (Å²) in [7, 11) is 1.56. The van der Waals surface area contributed by atoms with Crippen molar-refractivity contribution in [1.29, 1.82) is 0 Å². The number of hydrogen-bond acceptors (Lipinski definition) is 7. The Hall–Kier alpha value is -3.33. The molecular formula is C18H19N5O4. The van der Waals surface area contributed by atoms with E-state index in [4.69, 9.17) is 10.5 Å². The fraction of sp³-hybridized carbons (Fsp3) is 0.278. The number of nitrogens with zero attached hydrogens (tertiary/aromatic N) is 4. The van der Waals surface area contributed by atoms with Crippen molar-refractivity contribution in [3.8, 4) is 5.82 Å². The van der Waals surface area contributed by atoms with Crippen LogP contribution < -0.4 is 17.0 Å². The Morgan fingerprint density at radius 2 is 2.04 bits per heavy atom. The summed E-state index contributed by atoms with van der Waals surface area (Å²) in [6, 6.07) is 3.97. The van der Waals surface area contributed by atoms with Crippen molar-refractivity contribution in [2.75, 3.05) is 6.61 Å². The number of carbonyl (C=O) groups excluding carboxylic acids is 1. The lowest BCUT2D eigenvalue weighted by Gasteiger charge is -2.12. The molecule has 0 saturated carbocycles.